The minimum Gasteiger partial charge on any atom is -0.494 e. The molecule has 0 saturated carbocycles. The van der Waals surface area contributed by atoms with E-state index in [-0.39, 0.29) is 11.8 Å². The molecule has 33 heavy (non-hydrogen) atoms. The van der Waals surface area contributed by atoms with Gasteiger partial charge in [0, 0.05) is 38.5 Å². The monoisotopic (exact) mass is 457 g/mol. The first-order valence-electron chi connectivity index (χ1n) is 11.3. The molecule has 3 aromatic carbocycles. The van der Waals surface area contributed by atoms with Crippen LogP contribution in [0.15, 0.2) is 78.9 Å². The molecule has 2 heterocycles. The highest BCUT2D eigenvalue weighted by Crippen LogP contribution is 2.34. The van der Waals surface area contributed by atoms with Crippen molar-refractivity contribution in [2.24, 2.45) is 0 Å². The Morgan fingerprint density at radius 1 is 0.909 bits per heavy atom. The number of ether oxygens (including phenoxy) is 1. The van der Waals surface area contributed by atoms with Gasteiger partial charge in [0.05, 0.1) is 11.8 Å². The highest BCUT2D eigenvalue weighted by molar-refractivity contribution is 7.22. The maximum absolute atomic E-state index is 13.3. The predicted molar refractivity (Wildman–Crippen MR) is 134 cm³/mol. The van der Waals surface area contributed by atoms with Gasteiger partial charge in [-0.1, -0.05) is 78.1 Å². The molecule has 0 spiro atoms. The minimum absolute atomic E-state index is 0.0645. The number of carbonyl (C=O) groups excluding carboxylic acids is 1. The van der Waals surface area contributed by atoms with Crippen LogP contribution in [0.25, 0.3) is 10.2 Å². The summed E-state index contributed by atoms with van der Waals surface area (Å²) in [5, 5.41) is 0.994. The van der Waals surface area contributed by atoms with Crippen LogP contribution in [0.2, 0.25) is 0 Å². The molecular weight excluding hydrogens is 430 g/mol. The fraction of sp³-hybridized carbons (Fsp3) is 0.259. The van der Waals surface area contributed by atoms with Crippen molar-refractivity contribution in [3.63, 3.8) is 0 Å². The molecule has 0 radical (unpaired) electrons. The summed E-state index contributed by atoms with van der Waals surface area (Å²) in [6, 6.07) is 26.7. The van der Waals surface area contributed by atoms with E-state index in [1.165, 1.54) is 11.1 Å². The Balaban J connectivity index is 1.27. The van der Waals surface area contributed by atoms with E-state index < -0.39 is 0 Å². The van der Waals surface area contributed by atoms with Crippen molar-refractivity contribution in [1.29, 1.82) is 0 Å². The van der Waals surface area contributed by atoms with Crippen LogP contribution in [0.3, 0.4) is 0 Å². The molecule has 5 rings (SSSR count). The Kier molecular flexibility index (Phi) is 6.26. The van der Waals surface area contributed by atoms with Crippen LogP contribution >= 0.6 is 11.3 Å². The molecule has 1 aliphatic rings. The van der Waals surface area contributed by atoms with Crippen molar-refractivity contribution in [3.05, 3.63) is 90.0 Å². The number of nitrogens with zero attached hydrogens (tertiary/aromatic N) is 3. The average molecular weight is 458 g/mol. The standard InChI is InChI=1S/C27H27N3O2S/c1-32-23-13-8-14-24-26(23)28-27(33-24)30-17-15-29(16-18-30)25(31)19-22(20-9-4-2-5-10-20)21-11-6-3-7-12-21/h2-14,22H,15-19H2,1H3. The predicted octanol–water partition coefficient (Wildman–Crippen LogP) is 5.18. The number of thiazole rings is 1. The number of benzene rings is 3. The topological polar surface area (TPSA) is 45.7 Å². The normalized spacial score (nSPS) is 14.1. The zero-order valence-electron chi connectivity index (χ0n) is 18.7. The van der Waals surface area contributed by atoms with Crippen LogP contribution in [-0.2, 0) is 4.79 Å². The largest absolute Gasteiger partial charge is 0.494 e. The lowest BCUT2D eigenvalue weighted by Crippen LogP contribution is -2.49. The lowest BCUT2D eigenvalue weighted by Gasteiger charge is -2.35. The molecule has 168 valence electrons. The molecule has 1 amide bonds. The summed E-state index contributed by atoms with van der Waals surface area (Å²) >= 11 is 1.68. The van der Waals surface area contributed by atoms with Gasteiger partial charge in [-0.15, -0.1) is 0 Å². The summed E-state index contributed by atoms with van der Waals surface area (Å²) in [6.07, 6.45) is 0.479. The highest BCUT2D eigenvalue weighted by atomic mass is 32.1. The van der Waals surface area contributed by atoms with Crippen LogP contribution in [0.5, 0.6) is 5.75 Å². The molecule has 5 nitrogen and oxygen atoms in total. The van der Waals surface area contributed by atoms with Crippen LogP contribution in [0.4, 0.5) is 5.13 Å². The first-order valence-corrected chi connectivity index (χ1v) is 12.1. The lowest BCUT2D eigenvalue weighted by molar-refractivity contribution is -0.131. The zero-order valence-corrected chi connectivity index (χ0v) is 19.5. The SMILES string of the molecule is COc1cccc2sc(N3CCN(C(=O)CC(c4ccccc4)c4ccccc4)CC3)nc12. The first kappa shape index (κ1) is 21.5. The molecule has 4 aromatic rings. The molecule has 0 bridgehead atoms. The number of hydrogen-bond donors (Lipinski definition) is 0. The maximum atomic E-state index is 13.3. The van der Waals surface area contributed by atoms with Gasteiger partial charge in [-0.2, -0.15) is 0 Å². The number of amides is 1. The molecule has 1 aliphatic heterocycles. The van der Waals surface area contributed by atoms with E-state index in [9.17, 15) is 4.79 Å². The Labute approximate surface area is 198 Å². The quantitative estimate of drug-likeness (QED) is 0.400. The maximum Gasteiger partial charge on any atom is 0.223 e. The van der Waals surface area contributed by atoms with E-state index in [0.29, 0.717) is 19.5 Å². The van der Waals surface area contributed by atoms with Crippen molar-refractivity contribution < 1.29 is 9.53 Å². The Hall–Kier alpha value is -3.38. The van der Waals surface area contributed by atoms with Gasteiger partial charge in [-0.25, -0.2) is 4.98 Å². The number of hydrogen-bond acceptors (Lipinski definition) is 5. The smallest absolute Gasteiger partial charge is 0.223 e. The number of carbonyl (C=O) groups is 1. The van der Waals surface area contributed by atoms with Gasteiger partial charge in [0.15, 0.2) is 5.13 Å². The van der Waals surface area contributed by atoms with E-state index in [1.807, 2.05) is 53.4 Å². The molecule has 0 unspecified atom stereocenters. The number of para-hydroxylation sites is 1. The van der Waals surface area contributed by atoms with Crippen molar-refractivity contribution in [3.8, 4) is 5.75 Å². The van der Waals surface area contributed by atoms with Gasteiger partial charge in [-0.3, -0.25) is 4.79 Å². The van der Waals surface area contributed by atoms with E-state index in [4.69, 9.17) is 9.72 Å². The Morgan fingerprint density at radius 3 is 2.15 bits per heavy atom. The number of anilines is 1. The number of aromatic nitrogens is 1. The van der Waals surface area contributed by atoms with Gasteiger partial charge in [-0.05, 0) is 23.3 Å². The summed E-state index contributed by atoms with van der Waals surface area (Å²) in [7, 11) is 1.68. The number of rotatable bonds is 6. The summed E-state index contributed by atoms with van der Waals surface area (Å²) in [6.45, 7) is 2.99. The Morgan fingerprint density at radius 2 is 1.55 bits per heavy atom. The number of fused-ring (bicyclic) bond motifs is 1. The van der Waals surface area contributed by atoms with Gasteiger partial charge in [0.25, 0.3) is 0 Å². The first-order chi connectivity index (χ1) is 16.2. The van der Waals surface area contributed by atoms with Crippen LogP contribution in [0, 0.1) is 0 Å². The lowest BCUT2D eigenvalue weighted by atomic mass is 9.88. The van der Waals surface area contributed by atoms with Crippen molar-refractivity contribution in [2.45, 2.75) is 12.3 Å². The van der Waals surface area contributed by atoms with Crippen molar-refractivity contribution >= 4 is 32.6 Å². The molecular formula is C27H27N3O2S. The number of piperazine rings is 1. The second-order valence-corrected chi connectivity index (χ2v) is 9.26. The average Bonchev–Trinajstić information content (AvgIpc) is 3.33. The van der Waals surface area contributed by atoms with Gasteiger partial charge < -0.3 is 14.5 Å². The molecule has 1 fully saturated rings. The van der Waals surface area contributed by atoms with Crippen molar-refractivity contribution in [2.75, 3.05) is 38.2 Å². The summed E-state index contributed by atoms with van der Waals surface area (Å²) in [5.74, 6) is 1.07. The summed E-state index contributed by atoms with van der Waals surface area (Å²) in [5.41, 5.74) is 3.27. The van der Waals surface area contributed by atoms with Crippen LogP contribution in [-0.4, -0.2) is 49.1 Å². The summed E-state index contributed by atoms with van der Waals surface area (Å²) in [4.78, 5) is 22.4. The second-order valence-electron chi connectivity index (χ2n) is 8.25. The molecule has 0 aliphatic carbocycles. The van der Waals surface area contributed by atoms with Gasteiger partial charge in [0.2, 0.25) is 5.91 Å². The van der Waals surface area contributed by atoms with Crippen molar-refractivity contribution in [1.82, 2.24) is 9.88 Å². The molecule has 1 aromatic heterocycles. The fourth-order valence-electron chi connectivity index (χ4n) is 4.46. The molecule has 0 N–H and O–H groups in total. The molecule has 1 saturated heterocycles. The van der Waals surface area contributed by atoms with E-state index in [2.05, 4.69) is 35.2 Å². The van der Waals surface area contributed by atoms with Gasteiger partial charge >= 0.3 is 0 Å². The van der Waals surface area contributed by atoms with E-state index in [0.717, 1.165) is 34.2 Å². The minimum atomic E-state index is 0.0645. The third-order valence-corrected chi connectivity index (χ3v) is 7.36. The second kappa shape index (κ2) is 9.63. The van der Waals surface area contributed by atoms with Gasteiger partial charge in [0.1, 0.15) is 11.3 Å². The van der Waals surface area contributed by atoms with Crippen LogP contribution < -0.4 is 9.64 Å². The third-order valence-electron chi connectivity index (χ3n) is 6.28. The molecule has 6 heteroatoms. The zero-order chi connectivity index (χ0) is 22.6. The summed E-state index contributed by atoms with van der Waals surface area (Å²) < 4.78 is 6.58. The van der Waals surface area contributed by atoms with E-state index >= 15 is 0 Å². The van der Waals surface area contributed by atoms with Crippen LogP contribution in [0.1, 0.15) is 23.5 Å². The molecule has 0 atom stereocenters. The number of methoxy groups -OCH3 is 1. The highest BCUT2D eigenvalue weighted by Gasteiger charge is 2.26. The fourth-order valence-corrected chi connectivity index (χ4v) is 5.50. The Bertz CT molecular complexity index is 1180. The van der Waals surface area contributed by atoms with E-state index in [1.54, 1.807) is 18.4 Å². The third kappa shape index (κ3) is 4.57.